The molecule has 0 fully saturated rings. The predicted octanol–water partition coefficient (Wildman–Crippen LogP) is -0.614. The summed E-state index contributed by atoms with van der Waals surface area (Å²) < 4.78 is 1.63. The predicted molar refractivity (Wildman–Crippen MR) is 41.8 cm³/mol. The molecule has 0 aliphatic rings. The van der Waals surface area contributed by atoms with E-state index in [0.717, 1.165) is 0 Å². The van der Waals surface area contributed by atoms with Gasteiger partial charge in [0.15, 0.2) is 5.69 Å². The van der Waals surface area contributed by atoms with Crippen LogP contribution in [0.25, 0.3) is 0 Å². The zero-order valence-electron chi connectivity index (χ0n) is 6.63. The molecule has 0 atom stereocenters. The van der Waals surface area contributed by atoms with E-state index >= 15 is 0 Å². The van der Waals surface area contributed by atoms with Gasteiger partial charge in [-0.1, -0.05) is 11.1 Å². The van der Waals surface area contributed by atoms with Gasteiger partial charge < -0.3 is 5.32 Å². The molecule has 1 aromatic heterocycles. The molecule has 11 heavy (non-hydrogen) atoms. The minimum atomic E-state index is 0.677. The second-order valence-corrected chi connectivity index (χ2v) is 2.11. The Morgan fingerprint density at radius 2 is 2.55 bits per heavy atom. The zero-order valence-corrected chi connectivity index (χ0v) is 6.63. The van der Waals surface area contributed by atoms with Gasteiger partial charge in [0.05, 0.1) is 12.7 Å². The first kappa shape index (κ1) is 7.76. The highest BCUT2D eigenvalue weighted by Gasteiger charge is 1.89. The van der Waals surface area contributed by atoms with Gasteiger partial charge in [-0.05, 0) is 13.0 Å². The van der Waals surface area contributed by atoms with E-state index in [1.54, 1.807) is 10.9 Å². The van der Waals surface area contributed by atoms with Gasteiger partial charge in [0.2, 0.25) is 0 Å². The molecule has 0 aliphatic heterocycles. The standard InChI is InChI=1S/C7H10N4/c1-8-5-3-4-7-6-11(2)10-9-7/h6,8H,5H2,1-2H3. The molecule has 1 aromatic rings. The smallest absolute Gasteiger partial charge is 0.155 e. The van der Waals surface area contributed by atoms with Crippen molar-refractivity contribution in [1.29, 1.82) is 0 Å². The summed E-state index contributed by atoms with van der Waals surface area (Å²) in [6.07, 6.45) is 1.78. The zero-order chi connectivity index (χ0) is 8.10. The molecule has 0 saturated carbocycles. The second kappa shape index (κ2) is 3.74. The molecular formula is C7H10N4. The molecule has 1 N–H and O–H groups in total. The van der Waals surface area contributed by atoms with Crippen LogP contribution < -0.4 is 5.32 Å². The molecule has 0 bridgehead atoms. The van der Waals surface area contributed by atoms with Crippen LogP contribution in [0.5, 0.6) is 0 Å². The van der Waals surface area contributed by atoms with Crippen LogP contribution in [0.2, 0.25) is 0 Å². The fraction of sp³-hybridized carbons (Fsp3) is 0.429. The Labute approximate surface area is 65.6 Å². The van der Waals surface area contributed by atoms with Crippen molar-refractivity contribution in [1.82, 2.24) is 20.3 Å². The lowest BCUT2D eigenvalue weighted by atomic mass is 10.4. The Kier molecular flexibility index (Phi) is 2.64. The Morgan fingerprint density at radius 3 is 3.09 bits per heavy atom. The highest BCUT2D eigenvalue weighted by molar-refractivity contribution is 5.23. The Hall–Kier alpha value is -1.34. The van der Waals surface area contributed by atoms with Gasteiger partial charge in [0, 0.05) is 7.05 Å². The number of hydrogen-bond acceptors (Lipinski definition) is 3. The van der Waals surface area contributed by atoms with Crippen molar-refractivity contribution in [2.75, 3.05) is 13.6 Å². The third-order valence-corrected chi connectivity index (χ3v) is 1.08. The molecule has 4 nitrogen and oxygen atoms in total. The van der Waals surface area contributed by atoms with Crippen LogP contribution in [0.4, 0.5) is 0 Å². The summed E-state index contributed by atoms with van der Waals surface area (Å²) in [6.45, 7) is 0.677. The molecule has 0 aromatic carbocycles. The lowest BCUT2D eigenvalue weighted by molar-refractivity contribution is 0.714. The van der Waals surface area contributed by atoms with Crippen molar-refractivity contribution < 1.29 is 0 Å². The van der Waals surface area contributed by atoms with Gasteiger partial charge >= 0.3 is 0 Å². The van der Waals surface area contributed by atoms with E-state index in [9.17, 15) is 0 Å². The molecule has 4 heteroatoms. The molecule has 0 unspecified atom stereocenters. The van der Waals surface area contributed by atoms with Gasteiger partial charge in [0.25, 0.3) is 0 Å². The largest absolute Gasteiger partial charge is 0.309 e. The van der Waals surface area contributed by atoms with Crippen LogP contribution in [0, 0.1) is 11.8 Å². The van der Waals surface area contributed by atoms with E-state index in [2.05, 4.69) is 27.5 Å². The van der Waals surface area contributed by atoms with Crippen LogP contribution >= 0.6 is 0 Å². The van der Waals surface area contributed by atoms with E-state index in [1.165, 1.54) is 0 Å². The van der Waals surface area contributed by atoms with Crippen LogP contribution in [-0.4, -0.2) is 28.6 Å². The van der Waals surface area contributed by atoms with Gasteiger partial charge in [-0.15, -0.1) is 5.10 Å². The summed E-state index contributed by atoms with van der Waals surface area (Å²) in [7, 11) is 3.67. The first-order chi connectivity index (χ1) is 5.33. The van der Waals surface area contributed by atoms with Crippen molar-refractivity contribution in [3.8, 4) is 11.8 Å². The number of aromatic nitrogens is 3. The molecule has 0 amide bonds. The lowest BCUT2D eigenvalue weighted by Crippen LogP contribution is -2.04. The van der Waals surface area contributed by atoms with Crippen molar-refractivity contribution in [3.63, 3.8) is 0 Å². The SMILES string of the molecule is CNCC#Cc1cn(C)nn1. The van der Waals surface area contributed by atoms with Crippen molar-refractivity contribution in [3.05, 3.63) is 11.9 Å². The van der Waals surface area contributed by atoms with Crippen molar-refractivity contribution in [2.45, 2.75) is 0 Å². The number of aryl methyl sites for hydroxylation is 1. The fourth-order valence-corrected chi connectivity index (χ4v) is 0.628. The quantitative estimate of drug-likeness (QED) is 0.543. The van der Waals surface area contributed by atoms with Gasteiger partial charge in [-0.3, -0.25) is 4.68 Å². The first-order valence-corrected chi connectivity index (χ1v) is 3.32. The molecule has 1 heterocycles. The Morgan fingerprint density at radius 1 is 1.73 bits per heavy atom. The average molecular weight is 150 g/mol. The number of hydrogen-bond donors (Lipinski definition) is 1. The third kappa shape index (κ3) is 2.40. The van der Waals surface area contributed by atoms with Gasteiger partial charge in [-0.2, -0.15) is 0 Å². The van der Waals surface area contributed by atoms with Crippen molar-refractivity contribution >= 4 is 0 Å². The lowest BCUT2D eigenvalue weighted by Gasteiger charge is -1.80. The summed E-state index contributed by atoms with van der Waals surface area (Å²) in [5.41, 5.74) is 0.711. The number of rotatable bonds is 1. The molecule has 1 rings (SSSR count). The first-order valence-electron chi connectivity index (χ1n) is 3.32. The van der Waals surface area contributed by atoms with E-state index in [1.807, 2.05) is 14.1 Å². The molecular weight excluding hydrogens is 140 g/mol. The van der Waals surface area contributed by atoms with Gasteiger partial charge in [0.1, 0.15) is 0 Å². The molecule has 0 saturated heterocycles. The van der Waals surface area contributed by atoms with Crippen LogP contribution in [0.3, 0.4) is 0 Å². The molecule has 0 aliphatic carbocycles. The van der Waals surface area contributed by atoms with Gasteiger partial charge in [-0.25, -0.2) is 0 Å². The highest BCUT2D eigenvalue weighted by Crippen LogP contribution is 1.85. The van der Waals surface area contributed by atoms with E-state index in [4.69, 9.17) is 0 Å². The Balaban J connectivity index is 2.59. The topological polar surface area (TPSA) is 42.7 Å². The van der Waals surface area contributed by atoms with E-state index in [-0.39, 0.29) is 0 Å². The second-order valence-electron chi connectivity index (χ2n) is 2.11. The summed E-state index contributed by atoms with van der Waals surface area (Å²) in [6, 6.07) is 0. The Bertz CT molecular complexity index is 278. The molecule has 0 radical (unpaired) electrons. The van der Waals surface area contributed by atoms with Crippen LogP contribution in [0.1, 0.15) is 5.69 Å². The normalized spacial score (nSPS) is 8.91. The summed E-state index contributed by atoms with van der Waals surface area (Å²) >= 11 is 0. The third-order valence-electron chi connectivity index (χ3n) is 1.08. The maximum atomic E-state index is 3.80. The number of nitrogens with one attached hydrogen (secondary N) is 1. The minimum absolute atomic E-state index is 0.677. The monoisotopic (exact) mass is 150 g/mol. The fourth-order valence-electron chi connectivity index (χ4n) is 0.628. The summed E-state index contributed by atoms with van der Waals surface area (Å²) in [5, 5.41) is 10.5. The molecule has 58 valence electrons. The van der Waals surface area contributed by atoms with Crippen LogP contribution in [-0.2, 0) is 7.05 Å². The van der Waals surface area contributed by atoms with E-state index in [0.29, 0.717) is 12.2 Å². The van der Waals surface area contributed by atoms with Crippen LogP contribution in [0.15, 0.2) is 6.20 Å². The number of nitrogens with zero attached hydrogens (tertiary/aromatic N) is 3. The molecule has 0 spiro atoms. The average Bonchev–Trinajstić information content (AvgIpc) is 2.37. The maximum Gasteiger partial charge on any atom is 0.155 e. The minimum Gasteiger partial charge on any atom is -0.309 e. The summed E-state index contributed by atoms with van der Waals surface area (Å²) in [4.78, 5) is 0. The van der Waals surface area contributed by atoms with Crippen molar-refractivity contribution in [2.24, 2.45) is 7.05 Å². The maximum absolute atomic E-state index is 3.80. The highest BCUT2D eigenvalue weighted by atomic mass is 15.4. The summed E-state index contributed by atoms with van der Waals surface area (Å²) in [5.74, 6) is 5.75. The van der Waals surface area contributed by atoms with E-state index < -0.39 is 0 Å².